The van der Waals surface area contributed by atoms with E-state index < -0.39 is 0 Å². The molecule has 11 nitrogen and oxygen atoms in total. The van der Waals surface area contributed by atoms with Crippen LogP contribution in [0.15, 0.2) is 67.1 Å². The Bertz CT molecular complexity index is 1660. The average Bonchev–Trinajstić information content (AvgIpc) is 3.46. The van der Waals surface area contributed by atoms with E-state index in [1.165, 1.54) is 5.69 Å². The minimum Gasteiger partial charge on any atom is -0.378 e. The van der Waals surface area contributed by atoms with Crippen molar-refractivity contribution in [3.8, 4) is 11.4 Å². The first-order chi connectivity index (χ1) is 22.9. The largest absolute Gasteiger partial charge is 0.378 e. The van der Waals surface area contributed by atoms with E-state index in [9.17, 15) is 4.79 Å². The molecule has 0 bridgehead atoms. The van der Waals surface area contributed by atoms with Crippen LogP contribution in [0.25, 0.3) is 11.4 Å². The summed E-state index contributed by atoms with van der Waals surface area (Å²) in [4.78, 5) is 30.4. The molecule has 2 aromatic carbocycles. The van der Waals surface area contributed by atoms with Crippen molar-refractivity contribution in [3.63, 3.8) is 0 Å². The van der Waals surface area contributed by atoms with Gasteiger partial charge >= 0.3 is 0 Å². The Morgan fingerprint density at radius 3 is 2.38 bits per heavy atom. The van der Waals surface area contributed by atoms with Crippen LogP contribution < -0.4 is 20.9 Å². The lowest BCUT2D eigenvalue weighted by Gasteiger charge is -2.34. The molecule has 2 atom stereocenters. The number of nitrogens with one attached hydrogen (secondary N) is 3. The number of aromatic nitrogens is 4. The number of likely N-dealkylation sites (tertiary alicyclic amines) is 1. The lowest BCUT2D eigenvalue weighted by Crippen LogP contribution is -2.44. The Labute approximate surface area is 277 Å². The first kappa shape index (κ1) is 31.3. The number of nitrogens with zero attached hydrogens (tertiary/aromatic N) is 7. The monoisotopic (exact) mass is 634 g/mol. The Morgan fingerprint density at radius 2 is 1.64 bits per heavy atom. The van der Waals surface area contributed by atoms with Crippen LogP contribution in [-0.2, 0) is 13.5 Å². The van der Waals surface area contributed by atoms with Crippen molar-refractivity contribution >= 4 is 17.3 Å². The zero-order valence-electron chi connectivity index (χ0n) is 27.7. The molecule has 47 heavy (non-hydrogen) atoms. The summed E-state index contributed by atoms with van der Waals surface area (Å²) in [5.41, 5.74) is 7.31. The summed E-state index contributed by atoms with van der Waals surface area (Å²) in [7, 11) is 6.24. The highest BCUT2D eigenvalue weighted by Crippen LogP contribution is 2.40. The molecule has 0 spiro atoms. The van der Waals surface area contributed by atoms with Crippen molar-refractivity contribution in [2.24, 2.45) is 7.05 Å². The van der Waals surface area contributed by atoms with E-state index in [1.54, 1.807) is 11.0 Å². The quantitative estimate of drug-likeness (QED) is 0.255. The van der Waals surface area contributed by atoms with E-state index in [0.29, 0.717) is 24.7 Å². The normalized spacial score (nSPS) is 19.6. The molecule has 0 saturated carbocycles. The van der Waals surface area contributed by atoms with Crippen molar-refractivity contribution in [3.05, 3.63) is 89.5 Å². The van der Waals surface area contributed by atoms with Crippen molar-refractivity contribution in [2.75, 3.05) is 70.1 Å². The molecule has 0 radical (unpaired) electrons. The summed E-state index contributed by atoms with van der Waals surface area (Å²) in [6.07, 6.45) is 6.30. The van der Waals surface area contributed by atoms with Gasteiger partial charge in [0, 0.05) is 80.9 Å². The second-order valence-corrected chi connectivity index (χ2v) is 13.3. The molecule has 1 aliphatic carbocycles. The van der Waals surface area contributed by atoms with Crippen molar-refractivity contribution in [1.29, 1.82) is 0 Å². The maximum atomic E-state index is 14.3. The van der Waals surface area contributed by atoms with E-state index in [4.69, 9.17) is 5.10 Å². The molecular weight excluding hydrogens is 588 g/mol. The highest BCUT2D eigenvalue weighted by Gasteiger charge is 2.35. The molecular formula is C36H46N10O. The Kier molecular flexibility index (Phi) is 9.19. The zero-order valence-corrected chi connectivity index (χ0v) is 27.7. The number of benzene rings is 2. The molecule has 3 N–H and O–H groups in total. The van der Waals surface area contributed by atoms with Gasteiger partial charge in [-0.1, -0.05) is 30.3 Å². The van der Waals surface area contributed by atoms with Crippen LogP contribution in [0, 0.1) is 0 Å². The standard InChI is InChI=1S/C36H46N10O/c1-43-15-13-27(14-16-43)38-23-31(25-7-5-4-6-8-25)41-36(47)34-32-30(21-26-22-37-24-39-33(26)35(32)45(3)42-34)40-28-9-11-29(12-10-28)46-19-17-44(2)18-20-46/h4-12,22,24,27,30-31,38,40H,13-21,23H2,1-3H3,(H,41,47)/t30?,31-/m1/s1. The van der Waals surface area contributed by atoms with Crippen LogP contribution in [0.2, 0.25) is 0 Å². The second kappa shape index (κ2) is 13.8. The molecule has 246 valence electrons. The first-order valence-corrected chi connectivity index (χ1v) is 16.9. The topological polar surface area (TPSA) is 106 Å². The van der Waals surface area contributed by atoms with Crippen LogP contribution in [0.5, 0.6) is 0 Å². The van der Waals surface area contributed by atoms with E-state index in [-0.39, 0.29) is 18.0 Å². The summed E-state index contributed by atoms with van der Waals surface area (Å²) < 4.78 is 1.80. The number of anilines is 2. The fourth-order valence-electron chi connectivity index (χ4n) is 7.18. The van der Waals surface area contributed by atoms with Gasteiger partial charge in [0.05, 0.1) is 23.5 Å². The number of carbonyl (C=O) groups is 1. The minimum atomic E-state index is -0.201. The Balaban J connectivity index is 1.15. The number of hydrogen-bond donors (Lipinski definition) is 3. The number of piperidine rings is 1. The van der Waals surface area contributed by atoms with Crippen molar-refractivity contribution < 1.29 is 4.79 Å². The van der Waals surface area contributed by atoms with Crippen LogP contribution in [0.4, 0.5) is 11.4 Å². The molecule has 3 aliphatic rings. The van der Waals surface area contributed by atoms with E-state index in [2.05, 4.69) is 91.1 Å². The summed E-state index contributed by atoms with van der Waals surface area (Å²) in [6.45, 7) is 7.00. The number of rotatable bonds is 9. The van der Waals surface area contributed by atoms with Crippen LogP contribution in [-0.4, -0.2) is 101 Å². The maximum Gasteiger partial charge on any atom is 0.272 e. The van der Waals surface area contributed by atoms with Gasteiger partial charge in [0.2, 0.25) is 0 Å². The van der Waals surface area contributed by atoms with Gasteiger partial charge < -0.3 is 30.7 Å². The molecule has 4 aromatic rings. The van der Waals surface area contributed by atoms with Gasteiger partial charge in [-0.2, -0.15) is 5.10 Å². The molecule has 7 rings (SSSR count). The first-order valence-electron chi connectivity index (χ1n) is 16.9. The smallest absolute Gasteiger partial charge is 0.272 e. The van der Waals surface area contributed by atoms with Gasteiger partial charge in [-0.05, 0) is 69.9 Å². The molecule has 2 aromatic heterocycles. The van der Waals surface area contributed by atoms with Crippen LogP contribution in [0.1, 0.15) is 52.1 Å². The summed E-state index contributed by atoms with van der Waals surface area (Å²) in [5.74, 6) is -0.185. The maximum absolute atomic E-state index is 14.3. The molecule has 1 unspecified atom stereocenters. The average molecular weight is 635 g/mol. The number of carbonyl (C=O) groups excluding carboxylic acids is 1. The zero-order chi connectivity index (χ0) is 32.3. The van der Waals surface area contributed by atoms with Gasteiger partial charge in [0.1, 0.15) is 6.33 Å². The van der Waals surface area contributed by atoms with Gasteiger partial charge in [0.25, 0.3) is 5.91 Å². The van der Waals surface area contributed by atoms with Gasteiger partial charge in [-0.25, -0.2) is 9.97 Å². The fourth-order valence-corrected chi connectivity index (χ4v) is 7.18. The van der Waals surface area contributed by atoms with E-state index in [1.807, 2.05) is 31.4 Å². The molecule has 11 heteroatoms. The predicted molar refractivity (Wildman–Crippen MR) is 186 cm³/mol. The fraction of sp³-hybridized carbons (Fsp3) is 0.444. The lowest BCUT2D eigenvalue weighted by atomic mass is 9.88. The number of piperazine rings is 1. The number of fused-ring (bicyclic) bond motifs is 3. The van der Waals surface area contributed by atoms with Crippen LogP contribution >= 0.6 is 0 Å². The predicted octanol–water partition coefficient (Wildman–Crippen LogP) is 3.49. The second-order valence-electron chi connectivity index (χ2n) is 13.3. The summed E-state index contributed by atoms with van der Waals surface area (Å²) in [6, 6.07) is 18.9. The molecule has 1 amide bonds. The van der Waals surface area contributed by atoms with Gasteiger partial charge in [-0.3, -0.25) is 9.48 Å². The van der Waals surface area contributed by atoms with Gasteiger partial charge in [-0.15, -0.1) is 0 Å². The van der Waals surface area contributed by atoms with E-state index in [0.717, 1.165) is 85.9 Å². The summed E-state index contributed by atoms with van der Waals surface area (Å²) in [5, 5.41) is 15.7. The Hall–Kier alpha value is -4.32. The molecule has 2 fully saturated rings. The summed E-state index contributed by atoms with van der Waals surface area (Å²) >= 11 is 0. The van der Waals surface area contributed by atoms with Crippen LogP contribution in [0.3, 0.4) is 0 Å². The molecule has 4 heterocycles. The van der Waals surface area contributed by atoms with Gasteiger partial charge in [0.15, 0.2) is 5.69 Å². The third kappa shape index (κ3) is 6.88. The Morgan fingerprint density at radius 1 is 0.915 bits per heavy atom. The highest BCUT2D eigenvalue weighted by atomic mass is 16.2. The SMILES string of the molecule is CN1CCC(NC[C@@H](NC(=O)c2nn(C)c3c2C(Nc2ccc(N4CCN(C)CC4)cc2)Cc2cncnc2-3)c2ccccc2)CC1. The number of amides is 1. The number of aryl methyl sites for hydroxylation is 1. The minimum absolute atomic E-state index is 0.181. The third-order valence-corrected chi connectivity index (χ3v) is 10.00. The number of hydrogen-bond acceptors (Lipinski definition) is 9. The van der Waals surface area contributed by atoms with Crippen molar-refractivity contribution in [2.45, 2.75) is 37.4 Å². The highest BCUT2D eigenvalue weighted by molar-refractivity contribution is 5.96. The molecule has 2 aliphatic heterocycles. The van der Waals surface area contributed by atoms with Crippen molar-refractivity contribution in [1.82, 2.24) is 40.2 Å². The number of likely N-dealkylation sites (N-methyl/N-ethyl adjacent to an activating group) is 1. The lowest BCUT2D eigenvalue weighted by molar-refractivity contribution is 0.0927. The molecule has 2 saturated heterocycles. The third-order valence-electron chi connectivity index (χ3n) is 10.00. The van der Waals surface area contributed by atoms with E-state index >= 15 is 0 Å².